The monoisotopic (exact) mass is 312 g/mol. The van der Waals surface area contributed by atoms with Gasteiger partial charge < -0.3 is 10.5 Å². The fraction of sp³-hybridized carbons (Fsp3) is 0.909. The summed E-state index contributed by atoms with van der Waals surface area (Å²) in [6.07, 6.45) is 1.54. The predicted octanol–water partition coefficient (Wildman–Crippen LogP) is 0.881. The van der Waals surface area contributed by atoms with Crippen LogP contribution >= 0.6 is 0 Å². The minimum Gasteiger partial charge on any atom is -0.353 e. The molecule has 1 fully saturated rings. The van der Waals surface area contributed by atoms with E-state index in [1.165, 1.54) is 12.0 Å². The van der Waals surface area contributed by atoms with E-state index >= 15 is 0 Å². The van der Waals surface area contributed by atoms with Crippen LogP contribution in [0.2, 0.25) is 0 Å². The van der Waals surface area contributed by atoms with E-state index in [0.29, 0.717) is 0 Å². The largest absolute Gasteiger partial charge is 0.394 e. The first-order valence-corrected chi connectivity index (χ1v) is 7.51. The fourth-order valence-electron chi connectivity index (χ4n) is 2.66. The van der Waals surface area contributed by atoms with Crippen molar-refractivity contribution in [3.63, 3.8) is 0 Å². The van der Waals surface area contributed by atoms with Gasteiger partial charge in [-0.05, 0) is 40.5 Å². The molecular weight excluding hydrogens is 288 g/mol. The van der Waals surface area contributed by atoms with E-state index in [1.807, 2.05) is 27.7 Å². The Morgan fingerprint density at radius 1 is 1.15 bits per heavy atom. The molecule has 4 N–H and O–H groups in total. The quantitative estimate of drug-likeness (QED) is 0.529. The van der Waals surface area contributed by atoms with Crippen LogP contribution in [0.15, 0.2) is 0 Å². The summed E-state index contributed by atoms with van der Waals surface area (Å²) in [7, 11) is -4.67. The van der Waals surface area contributed by atoms with Gasteiger partial charge in [-0.15, -0.1) is 0 Å². The van der Waals surface area contributed by atoms with Gasteiger partial charge in [0.1, 0.15) is 0 Å². The zero-order valence-electron chi connectivity index (χ0n) is 12.4. The van der Waals surface area contributed by atoms with Crippen LogP contribution < -0.4 is 5.32 Å². The molecule has 0 atom stereocenters. The lowest BCUT2D eigenvalue weighted by Crippen LogP contribution is -2.62. The van der Waals surface area contributed by atoms with Crippen molar-refractivity contribution in [2.45, 2.75) is 64.6 Å². The van der Waals surface area contributed by atoms with Crippen molar-refractivity contribution in [1.82, 2.24) is 10.4 Å². The summed E-state index contributed by atoms with van der Waals surface area (Å²) in [6.45, 7) is 9.49. The zero-order valence-corrected chi connectivity index (χ0v) is 13.2. The van der Waals surface area contributed by atoms with Gasteiger partial charge in [-0.25, -0.2) is 0 Å². The summed E-state index contributed by atoms with van der Waals surface area (Å²) in [5.74, 6) is -0.00186. The maximum atomic E-state index is 11.0. The van der Waals surface area contributed by atoms with E-state index in [-0.39, 0.29) is 23.0 Å². The number of piperidine rings is 1. The van der Waals surface area contributed by atoms with Gasteiger partial charge >= 0.3 is 10.4 Å². The van der Waals surface area contributed by atoms with Gasteiger partial charge in [-0.3, -0.25) is 13.9 Å². The number of carbonyl (C=O) groups is 1. The first-order chi connectivity index (χ1) is 8.65. The number of hydrogen-bond donors (Lipinski definition) is 4. The van der Waals surface area contributed by atoms with Crippen LogP contribution in [0, 0.1) is 0 Å². The molecule has 0 bridgehead atoms. The summed E-state index contributed by atoms with van der Waals surface area (Å²) in [5.41, 5.74) is -0.594. The topological polar surface area (TPSA) is 127 Å². The van der Waals surface area contributed by atoms with Crippen LogP contribution in [0.4, 0.5) is 0 Å². The number of nitrogens with zero attached hydrogens (tertiary/aromatic N) is 1. The molecule has 0 aromatic carbocycles. The zero-order chi connectivity index (χ0) is 16.4. The average Bonchev–Trinajstić information content (AvgIpc) is 2.08. The third-order valence-electron chi connectivity index (χ3n) is 3.05. The van der Waals surface area contributed by atoms with Crippen molar-refractivity contribution in [2.75, 3.05) is 0 Å². The van der Waals surface area contributed by atoms with E-state index in [0.717, 1.165) is 12.8 Å². The molecule has 8 nitrogen and oxygen atoms in total. The molecule has 0 aromatic rings. The molecule has 1 saturated heterocycles. The Kier molecular flexibility index (Phi) is 6.12. The molecule has 1 aliphatic rings. The molecule has 1 heterocycles. The fourth-order valence-corrected chi connectivity index (χ4v) is 2.66. The second-order valence-corrected chi connectivity index (χ2v) is 7.09. The third kappa shape index (κ3) is 7.15. The molecule has 0 unspecified atom stereocenters. The van der Waals surface area contributed by atoms with Crippen molar-refractivity contribution in [1.29, 1.82) is 0 Å². The summed E-state index contributed by atoms with van der Waals surface area (Å²) < 4.78 is 31.6. The van der Waals surface area contributed by atoms with Crippen molar-refractivity contribution in [2.24, 2.45) is 0 Å². The Hall–Kier alpha value is -0.740. The van der Waals surface area contributed by atoms with Gasteiger partial charge in [0.15, 0.2) is 0 Å². The summed E-state index contributed by atoms with van der Waals surface area (Å²) in [5, 5.41) is 14.4. The van der Waals surface area contributed by atoms with Crippen LogP contribution in [-0.4, -0.2) is 50.8 Å². The predicted molar refractivity (Wildman–Crippen MR) is 72.8 cm³/mol. The lowest BCUT2D eigenvalue weighted by atomic mass is 9.79. The molecule has 120 valence electrons. The Balaban J connectivity index is 0.000000621. The number of hydroxylamine groups is 2. The van der Waals surface area contributed by atoms with Crippen molar-refractivity contribution >= 4 is 16.3 Å². The second-order valence-electron chi connectivity index (χ2n) is 6.19. The molecule has 1 aliphatic heterocycles. The van der Waals surface area contributed by atoms with Crippen LogP contribution in [0.5, 0.6) is 0 Å². The molecule has 9 heteroatoms. The van der Waals surface area contributed by atoms with Crippen molar-refractivity contribution < 1.29 is 27.5 Å². The highest BCUT2D eigenvalue weighted by Gasteiger charge is 2.45. The van der Waals surface area contributed by atoms with Gasteiger partial charge in [0.2, 0.25) is 5.91 Å². The van der Waals surface area contributed by atoms with Gasteiger partial charge in [-0.2, -0.15) is 13.5 Å². The van der Waals surface area contributed by atoms with E-state index in [9.17, 15) is 10.0 Å². The number of rotatable bonds is 1. The minimum absolute atomic E-state index is 0.00186. The van der Waals surface area contributed by atoms with Crippen LogP contribution in [0.3, 0.4) is 0 Å². The lowest BCUT2D eigenvalue weighted by molar-refractivity contribution is -0.246. The number of carbonyl (C=O) groups excluding carboxylic acids is 1. The Morgan fingerprint density at radius 2 is 1.45 bits per heavy atom. The summed E-state index contributed by atoms with van der Waals surface area (Å²) in [4.78, 5) is 11.0. The van der Waals surface area contributed by atoms with Crippen LogP contribution in [0.25, 0.3) is 0 Å². The van der Waals surface area contributed by atoms with Crippen LogP contribution in [-0.2, 0) is 15.2 Å². The maximum absolute atomic E-state index is 11.0. The number of amides is 1. The highest BCUT2D eigenvalue weighted by atomic mass is 32.3. The van der Waals surface area contributed by atoms with E-state index in [1.54, 1.807) is 0 Å². The lowest BCUT2D eigenvalue weighted by Gasteiger charge is -2.51. The van der Waals surface area contributed by atoms with Gasteiger partial charge in [0.25, 0.3) is 0 Å². The Labute approximate surface area is 119 Å². The van der Waals surface area contributed by atoms with Gasteiger partial charge in [0.05, 0.1) is 0 Å². The molecular formula is C11H24N2O6S. The highest BCUT2D eigenvalue weighted by molar-refractivity contribution is 7.79. The van der Waals surface area contributed by atoms with E-state index in [2.05, 4.69) is 5.32 Å². The van der Waals surface area contributed by atoms with E-state index < -0.39 is 10.4 Å². The standard InChI is InChI=1S/C11H22N2O2.H2O4S/c1-8(14)12-9-6-10(2,3)13(15)11(4,5)7-9;1-5(2,3)4/h9,15H,6-7H2,1-5H3,(H,12,14);(H2,1,2,3,4). The van der Waals surface area contributed by atoms with Gasteiger partial charge in [-0.1, -0.05) is 0 Å². The Bertz CT molecular complexity index is 420. The summed E-state index contributed by atoms with van der Waals surface area (Å²) >= 11 is 0. The molecule has 0 aromatic heterocycles. The smallest absolute Gasteiger partial charge is 0.353 e. The average molecular weight is 312 g/mol. The maximum Gasteiger partial charge on any atom is 0.394 e. The Morgan fingerprint density at radius 3 is 1.70 bits per heavy atom. The molecule has 0 spiro atoms. The van der Waals surface area contributed by atoms with Crippen LogP contribution in [0.1, 0.15) is 47.5 Å². The number of nitrogens with one attached hydrogen (secondary N) is 1. The highest BCUT2D eigenvalue weighted by Crippen LogP contribution is 2.36. The minimum atomic E-state index is -4.67. The first-order valence-electron chi connectivity index (χ1n) is 6.11. The number of hydrogen-bond acceptors (Lipinski definition) is 5. The second kappa shape index (κ2) is 6.35. The van der Waals surface area contributed by atoms with Crippen molar-refractivity contribution in [3.8, 4) is 0 Å². The molecule has 20 heavy (non-hydrogen) atoms. The summed E-state index contributed by atoms with van der Waals surface area (Å²) in [6, 6.07) is 0.149. The third-order valence-corrected chi connectivity index (χ3v) is 3.05. The molecule has 0 radical (unpaired) electrons. The SMILES string of the molecule is CC(=O)NC1CC(C)(C)N(O)C(C)(C)C1.O=S(=O)(O)O. The van der Waals surface area contributed by atoms with Crippen molar-refractivity contribution in [3.05, 3.63) is 0 Å². The molecule has 0 saturated carbocycles. The molecule has 1 rings (SSSR count). The van der Waals surface area contributed by atoms with E-state index in [4.69, 9.17) is 17.5 Å². The normalized spacial score (nSPS) is 22.6. The molecule has 1 amide bonds. The molecule has 0 aliphatic carbocycles. The first kappa shape index (κ1) is 19.3. The van der Waals surface area contributed by atoms with Gasteiger partial charge in [0, 0.05) is 24.0 Å².